The highest BCUT2D eigenvalue weighted by Gasteiger charge is 2.33. The zero-order valence-electron chi connectivity index (χ0n) is 19.1. The highest BCUT2D eigenvalue weighted by atomic mass is 79.9. The number of nitrogens with zero attached hydrogens (tertiary/aromatic N) is 2. The molecule has 0 N–H and O–H groups in total. The number of methoxy groups -OCH3 is 1. The predicted octanol–water partition coefficient (Wildman–Crippen LogP) is 6.14. The van der Waals surface area contributed by atoms with Crippen LogP contribution in [0, 0.1) is 12.3 Å². The van der Waals surface area contributed by atoms with Gasteiger partial charge in [-0.1, -0.05) is 82.5 Å². The van der Waals surface area contributed by atoms with Gasteiger partial charge >= 0.3 is 0 Å². The summed E-state index contributed by atoms with van der Waals surface area (Å²) in [6.07, 6.45) is 7.20. The third kappa shape index (κ3) is 6.16. The standard InChI is InChI=1S/C28H23BrN2O3S/c1-3-14-34-26-22(15-23(29)17-24(26)33-2)16-25-27(32)31(19-21-12-8-5-9-13-21)28(35-25)30-18-20-10-6-4-7-11-20/h1,4-13,15-17H,14,18-19H2,2H3/b25-16-,30-28?. The second kappa shape index (κ2) is 11.8. The molecule has 1 heterocycles. The molecule has 3 aromatic carbocycles. The van der Waals surface area contributed by atoms with E-state index >= 15 is 0 Å². The van der Waals surface area contributed by atoms with Gasteiger partial charge in [0, 0.05) is 10.0 Å². The summed E-state index contributed by atoms with van der Waals surface area (Å²) in [5.74, 6) is 3.37. The SMILES string of the molecule is C#CCOc1c(/C=C2\SC(=NCc3ccccc3)N(Cc3ccccc3)C2=O)cc(Br)cc1OC. The van der Waals surface area contributed by atoms with Crippen molar-refractivity contribution in [1.82, 2.24) is 4.90 Å². The molecule has 5 nitrogen and oxygen atoms in total. The van der Waals surface area contributed by atoms with E-state index in [0.29, 0.717) is 40.2 Å². The van der Waals surface area contributed by atoms with Gasteiger partial charge in [-0.2, -0.15) is 0 Å². The van der Waals surface area contributed by atoms with Crippen LogP contribution in [-0.4, -0.2) is 29.7 Å². The molecule has 0 bridgehead atoms. The van der Waals surface area contributed by atoms with Crippen LogP contribution in [0.4, 0.5) is 0 Å². The molecule has 0 unspecified atom stereocenters. The van der Waals surface area contributed by atoms with E-state index in [4.69, 9.17) is 20.9 Å². The number of ether oxygens (including phenoxy) is 2. The lowest BCUT2D eigenvalue weighted by Gasteiger charge is -2.16. The Balaban J connectivity index is 1.71. The second-order valence-electron chi connectivity index (χ2n) is 7.59. The van der Waals surface area contributed by atoms with Crippen LogP contribution >= 0.6 is 27.7 Å². The average Bonchev–Trinajstić information content (AvgIpc) is 3.17. The molecule has 7 heteroatoms. The normalized spacial score (nSPS) is 15.5. The Morgan fingerprint density at radius 1 is 1.09 bits per heavy atom. The van der Waals surface area contributed by atoms with Crippen molar-refractivity contribution in [3.05, 3.63) is 98.9 Å². The van der Waals surface area contributed by atoms with Gasteiger partial charge in [-0.25, -0.2) is 0 Å². The van der Waals surface area contributed by atoms with Gasteiger partial charge in [0.05, 0.1) is 25.1 Å². The second-order valence-corrected chi connectivity index (χ2v) is 9.52. The summed E-state index contributed by atoms with van der Waals surface area (Å²) in [6, 6.07) is 23.5. The molecule has 1 amide bonds. The van der Waals surface area contributed by atoms with E-state index in [1.807, 2.05) is 66.7 Å². The van der Waals surface area contributed by atoms with E-state index in [0.717, 1.165) is 15.6 Å². The van der Waals surface area contributed by atoms with Crippen LogP contribution in [0.2, 0.25) is 0 Å². The number of carbonyl (C=O) groups excluding carboxylic acids is 1. The third-order valence-electron chi connectivity index (χ3n) is 5.17. The smallest absolute Gasteiger partial charge is 0.267 e. The summed E-state index contributed by atoms with van der Waals surface area (Å²) >= 11 is 4.86. The molecule has 4 rings (SSSR count). The molecule has 1 fully saturated rings. The lowest BCUT2D eigenvalue weighted by Crippen LogP contribution is -2.28. The quantitative estimate of drug-likeness (QED) is 0.251. The minimum atomic E-state index is -0.118. The Hall–Kier alpha value is -3.47. The molecule has 0 aliphatic carbocycles. The van der Waals surface area contributed by atoms with Gasteiger partial charge < -0.3 is 9.47 Å². The van der Waals surface area contributed by atoms with Crippen LogP contribution < -0.4 is 9.47 Å². The maximum absolute atomic E-state index is 13.5. The third-order valence-corrected chi connectivity index (χ3v) is 6.67. The zero-order valence-corrected chi connectivity index (χ0v) is 21.5. The minimum Gasteiger partial charge on any atom is -0.493 e. The Kier molecular flexibility index (Phi) is 8.30. The van der Waals surface area contributed by atoms with E-state index in [1.54, 1.807) is 24.2 Å². The molecule has 0 aromatic heterocycles. The first-order valence-corrected chi connectivity index (χ1v) is 12.5. The molecule has 1 saturated heterocycles. The lowest BCUT2D eigenvalue weighted by atomic mass is 10.1. The summed E-state index contributed by atoms with van der Waals surface area (Å²) < 4.78 is 12.1. The molecule has 35 heavy (non-hydrogen) atoms. The number of halogens is 1. The van der Waals surface area contributed by atoms with Crippen molar-refractivity contribution in [2.45, 2.75) is 13.1 Å². The van der Waals surface area contributed by atoms with Gasteiger partial charge in [0.15, 0.2) is 16.7 Å². The number of terminal acetylenes is 1. The van der Waals surface area contributed by atoms with E-state index < -0.39 is 0 Å². The summed E-state index contributed by atoms with van der Waals surface area (Å²) in [6.45, 7) is 0.995. The summed E-state index contributed by atoms with van der Waals surface area (Å²) in [7, 11) is 1.56. The van der Waals surface area contributed by atoms with Crippen LogP contribution in [0.25, 0.3) is 6.08 Å². The first-order valence-electron chi connectivity index (χ1n) is 10.9. The van der Waals surface area contributed by atoms with Crippen molar-refractivity contribution in [2.24, 2.45) is 4.99 Å². The monoisotopic (exact) mass is 546 g/mol. The molecule has 176 valence electrons. The van der Waals surface area contributed by atoms with Crippen molar-refractivity contribution < 1.29 is 14.3 Å². The van der Waals surface area contributed by atoms with Crippen LogP contribution in [0.5, 0.6) is 11.5 Å². The number of benzene rings is 3. The van der Waals surface area contributed by atoms with Crippen LogP contribution in [-0.2, 0) is 17.9 Å². The fourth-order valence-corrected chi connectivity index (χ4v) is 4.95. The topological polar surface area (TPSA) is 51.1 Å². The maximum atomic E-state index is 13.5. The van der Waals surface area contributed by atoms with Crippen molar-refractivity contribution in [3.8, 4) is 23.8 Å². The Morgan fingerprint density at radius 3 is 2.43 bits per heavy atom. The number of carbonyl (C=O) groups is 1. The summed E-state index contributed by atoms with van der Waals surface area (Å²) in [5, 5.41) is 0.655. The largest absolute Gasteiger partial charge is 0.493 e. The lowest BCUT2D eigenvalue weighted by molar-refractivity contribution is -0.122. The van der Waals surface area contributed by atoms with Crippen molar-refractivity contribution >= 4 is 44.8 Å². The molecule has 1 aliphatic rings. The van der Waals surface area contributed by atoms with Gasteiger partial charge in [-0.15, -0.1) is 6.42 Å². The number of amides is 1. The van der Waals surface area contributed by atoms with Crippen LogP contribution in [0.1, 0.15) is 16.7 Å². The van der Waals surface area contributed by atoms with E-state index in [9.17, 15) is 4.79 Å². The van der Waals surface area contributed by atoms with Crippen molar-refractivity contribution in [3.63, 3.8) is 0 Å². The van der Waals surface area contributed by atoms with Crippen LogP contribution in [0.15, 0.2) is 87.2 Å². The van der Waals surface area contributed by atoms with Gasteiger partial charge in [-0.05, 0) is 41.1 Å². The molecule has 3 aromatic rings. The number of aliphatic imine (C=N–C) groups is 1. The molecule has 0 radical (unpaired) electrons. The molecule has 0 saturated carbocycles. The fourth-order valence-electron chi connectivity index (χ4n) is 3.53. The summed E-state index contributed by atoms with van der Waals surface area (Å²) in [4.78, 5) is 20.6. The average molecular weight is 547 g/mol. The molecule has 1 aliphatic heterocycles. The number of thioether (sulfide) groups is 1. The van der Waals surface area contributed by atoms with Crippen LogP contribution in [0.3, 0.4) is 0 Å². The van der Waals surface area contributed by atoms with E-state index in [1.165, 1.54) is 11.8 Å². The number of hydrogen-bond acceptors (Lipinski definition) is 5. The highest BCUT2D eigenvalue weighted by Crippen LogP contribution is 2.40. The van der Waals surface area contributed by atoms with E-state index in [2.05, 4.69) is 21.9 Å². The molecule has 0 spiro atoms. The van der Waals surface area contributed by atoms with Gasteiger partial charge in [-0.3, -0.25) is 14.7 Å². The van der Waals surface area contributed by atoms with Gasteiger partial charge in [0.2, 0.25) is 0 Å². The van der Waals surface area contributed by atoms with Crippen molar-refractivity contribution in [1.29, 1.82) is 0 Å². The first-order chi connectivity index (χ1) is 17.1. The molecular formula is C28H23BrN2O3S. The maximum Gasteiger partial charge on any atom is 0.267 e. The zero-order chi connectivity index (χ0) is 24.6. The first kappa shape index (κ1) is 24.6. The highest BCUT2D eigenvalue weighted by molar-refractivity contribution is 9.10. The Bertz CT molecular complexity index is 1300. The number of rotatable bonds is 8. The van der Waals surface area contributed by atoms with Crippen molar-refractivity contribution in [2.75, 3.05) is 13.7 Å². The van der Waals surface area contributed by atoms with Gasteiger partial charge in [0.25, 0.3) is 5.91 Å². The predicted molar refractivity (Wildman–Crippen MR) is 145 cm³/mol. The Labute approximate surface area is 218 Å². The van der Waals surface area contributed by atoms with E-state index in [-0.39, 0.29) is 12.5 Å². The summed E-state index contributed by atoms with van der Waals surface area (Å²) in [5.41, 5.74) is 2.79. The minimum absolute atomic E-state index is 0.0825. The fraction of sp³-hybridized carbons (Fsp3) is 0.143. The molecular weight excluding hydrogens is 524 g/mol. The molecule has 0 atom stereocenters. The van der Waals surface area contributed by atoms with Gasteiger partial charge in [0.1, 0.15) is 6.61 Å². The Morgan fingerprint density at radius 2 is 1.77 bits per heavy atom. The number of hydrogen-bond donors (Lipinski definition) is 0. The number of amidine groups is 1.